The summed E-state index contributed by atoms with van der Waals surface area (Å²) in [5, 5.41) is 3.45. The monoisotopic (exact) mass is 659 g/mol. The van der Waals surface area contributed by atoms with Gasteiger partial charge in [-0.1, -0.05) is 44.0 Å². The Hall–Kier alpha value is -3.96. The molecular formula is C33H42ClN3O7S. The summed E-state index contributed by atoms with van der Waals surface area (Å²) in [6.45, 7) is 6.09. The van der Waals surface area contributed by atoms with Crippen molar-refractivity contribution in [3.05, 3.63) is 77.3 Å². The molecule has 12 heteroatoms. The first-order valence-corrected chi connectivity index (χ1v) is 16.7. The van der Waals surface area contributed by atoms with Crippen LogP contribution >= 0.6 is 11.6 Å². The van der Waals surface area contributed by atoms with Gasteiger partial charge in [-0.2, -0.15) is 0 Å². The van der Waals surface area contributed by atoms with Crippen LogP contribution in [0.2, 0.25) is 5.02 Å². The van der Waals surface area contributed by atoms with Crippen molar-refractivity contribution in [3.8, 4) is 17.2 Å². The Morgan fingerprint density at radius 2 is 1.58 bits per heavy atom. The van der Waals surface area contributed by atoms with Gasteiger partial charge < -0.3 is 24.4 Å². The number of hydrogen-bond donors (Lipinski definition) is 1. The van der Waals surface area contributed by atoms with Gasteiger partial charge >= 0.3 is 0 Å². The van der Waals surface area contributed by atoms with E-state index >= 15 is 0 Å². The molecule has 3 aromatic rings. The molecule has 0 aromatic heterocycles. The van der Waals surface area contributed by atoms with Crippen LogP contribution in [0.25, 0.3) is 0 Å². The predicted molar refractivity (Wildman–Crippen MR) is 176 cm³/mol. The second-order valence-electron chi connectivity index (χ2n) is 10.2. The van der Waals surface area contributed by atoms with Crippen LogP contribution in [0.5, 0.6) is 17.2 Å². The minimum Gasteiger partial charge on any atom is -0.494 e. The van der Waals surface area contributed by atoms with Gasteiger partial charge in [-0.05, 0) is 73.9 Å². The van der Waals surface area contributed by atoms with Crippen molar-refractivity contribution in [3.63, 3.8) is 0 Å². The van der Waals surface area contributed by atoms with Gasteiger partial charge in [-0.15, -0.1) is 0 Å². The first-order valence-electron chi connectivity index (χ1n) is 14.9. The molecule has 0 fully saturated rings. The fourth-order valence-electron chi connectivity index (χ4n) is 4.72. The van der Waals surface area contributed by atoms with E-state index < -0.39 is 28.5 Å². The van der Waals surface area contributed by atoms with Crippen LogP contribution in [0.1, 0.15) is 45.6 Å². The van der Waals surface area contributed by atoms with E-state index in [-0.39, 0.29) is 28.8 Å². The first-order chi connectivity index (χ1) is 21.6. The lowest BCUT2D eigenvalue weighted by atomic mass is 10.1. The minimum absolute atomic E-state index is 0.0726. The van der Waals surface area contributed by atoms with Crippen molar-refractivity contribution in [2.24, 2.45) is 0 Å². The molecule has 0 aliphatic carbocycles. The van der Waals surface area contributed by atoms with Gasteiger partial charge in [0.25, 0.3) is 10.0 Å². The average molecular weight is 660 g/mol. The van der Waals surface area contributed by atoms with Gasteiger partial charge in [0, 0.05) is 24.2 Å². The summed E-state index contributed by atoms with van der Waals surface area (Å²) in [5.41, 5.74) is 0.983. The number of unbranched alkanes of at least 4 members (excludes halogenated alkanes) is 1. The van der Waals surface area contributed by atoms with Crippen molar-refractivity contribution in [2.75, 3.05) is 38.2 Å². The predicted octanol–water partition coefficient (Wildman–Crippen LogP) is 5.67. The molecular weight excluding hydrogens is 618 g/mol. The van der Waals surface area contributed by atoms with Gasteiger partial charge in [0.05, 0.1) is 31.4 Å². The average Bonchev–Trinajstić information content (AvgIpc) is 3.04. The molecule has 0 saturated carbocycles. The molecule has 244 valence electrons. The molecule has 0 aliphatic heterocycles. The summed E-state index contributed by atoms with van der Waals surface area (Å²) < 4.78 is 45.7. The summed E-state index contributed by atoms with van der Waals surface area (Å²) in [5.74, 6) is 0.268. The summed E-state index contributed by atoms with van der Waals surface area (Å²) >= 11 is 6.09. The summed E-state index contributed by atoms with van der Waals surface area (Å²) in [4.78, 5) is 28.9. The molecule has 10 nitrogen and oxygen atoms in total. The molecule has 3 rings (SSSR count). The molecule has 0 saturated heterocycles. The lowest BCUT2D eigenvalue weighted by Crippen LogP contribution is -2.52. The lowest BCUT2D eigenvalue weighted by molar-refractivity contribution is -0.140. The van der Waals surface area contributed by atoms with E-state index in [1.165, 1.54) is 37.3 Å². The highest BCUT2D eigenvalue weighted by molar-refractivity contribution is 7.92. The standard InChI is InChI=1S/C33H42ClN3O7S/c1-6-9-20-35-33(39)29(7-2)36(22-24-10-12-25(34)13-11-24)32(38)23-37(26-14-16-27(17-15-26)44-8-3)45(40,41)28-18-19-30(42-4)31(21-28)43-5/h10-19,21,29H,6-9,20,22-23H2,1-5H3,(H,35,39)/t29-/m1/s1. The van der Waals surface area contributed by atoms with Crippen molar-refractivity contribution >= 4 is 39.1 Å². The third-order valence-corrected chi connectivity index (χ3v) is 9.16. The van der Waals surface area contributed by atoms with Crippen LogP contribution in [0.15, 0.2) is 71.6 Å². The fourth-order valence-corrected chi connectivity index (χ4v) is 6.28. The number of sulfonamides is 1. The van der Waals surface area contributed by atoms with Crippen molar-refractivity contribution in [1.82, 2.24) is 10.2 Å². The molecule has 3 aromatic carbocycles. The number of nitrogens with zero attached hydrogens (tertiary/aromatic N) is 2. The van der Waals surface area contributed by atoms with Gasteiger partial charge in [0.2, 0.25) is 11.8 Å². The topological polar surface area (TPSA) is 114 Å². The third kappa shape index (κ3) is 9.27. The van der Waals surface area contributed by atoms with Crippen LogP contribution in [0.3, 0.4) is 0 Å². The fraction of sp³-hybridized carbons (Fsp3) is 0.394. The van der Waals surface area contributed by atoms with E-state index in [9.17, 15) is 18.0 Å². The molecule has 0 spiro atoms. The smallest absolute Gasteiger partial charge is 0.264 e. The van der Waals surface area contributed by atoms with Crippen molar-refractivity contribution < 1.29 is 32.2 Å². The number of nitrogens with one attached hydrogen (secondary N) is 1. The highest BCUT2D eigenvalue weighted by atomic mass is 35.5. The second kappa shape index (κ2) is 16.9. The van der Waals surface area contributed by atoms with Gasteiger partial charge in [-0.3, -0.25) is 13.9 Å². The zero-order valence-corrected chi connectivity index (χ0v) is 28.0. The Balaban J connectivity index is 2.08. The SMILES string of the molecule is CCCCNC(=O)[C@@H](CC)N(Cc1ccc(Cl)cc1)C(=O)CN(c1ccc(OCC)cc1)S(=O)(=O)c1ccc(OC)c(OC)c1. The summed E-state index contributed by atoms with van der Waals surface area (Å²) in [6, 6.07) is 16.8. The Kier molecular flexibility index (Phi) is 13.4. The summed E-state index contributed by atoms with van der Waals surface area (Å²) in [7, 11) is -1.46. The Morgan fingerprint density at radius 1 is 0.911 bits per heavy atom. The van der Waals surface area contributed by atoms with E-state index in [1.807, 2.05) is 20.8 Å². The number of rotatable bonds is 17. The largest absolute Gasteiger partial charge is 0.494 e. The molecule has 1 N–H and O–H groups in total. The van der Waals surface area contributed by atoms with Crippen LogP contribution in [0, 0.1) is 0 Å². The number of ether oxygens (including phenoxy) is 3. The third-order valence-electron chi connectivity index (χ3n) is 7.14. The molecule has 2 amide bonds. The van der Waals surface area contributed by atoms with Gasteiger partial charge in [0.1, 0.15) is 18.3 Å². The first kappa shape index (κ1) is 35.5. The molecule has 45 heavy (non-hydrogen) atoms. The maximum Gasteiger partial charge on any atom is 0.264 e. The molecule has 1 atom stereocenters. The Bertz CT molecular complexity index is 1520. The Morgan fingerprint density at radius 3 is 2.16 bits per heavy atom. The van der Waals surface area contributed by atoms with Crippen molar-refractivity contribution in [1.29, 1.82) is 0 Å². The maximum atomic E-state index is 14.2. The van der Waals surface area contributed by atoms with Crippen LogP contribution in [-0.4, -0.2) is 65.1 Å². The lowest BCUT2D eigenvalue weighted by Gasteiger charge is -2.33. The van der Waals surface area contributed by atoms with E-state index in [2.05, 4.69) is 5.32 Å². The van der Waals surface area contributed by atoms with Crippen LogP contribution in [-0.2, 0) is 26.2 Å². The molecule has 0 bridgehead atoms. The molecule has 0 heterocycles. The highest BCUT2D eigenvalue weighted by Gasteiger charge is 2.34. The number of hydrogen-bond acceptors (Lipinski definition) is 7. The van der Waals surface area contributed by atoms with E-state index in [0.29, 0.717) is 36.1 Å². The number of halogens is 1. The number of benzene rings is 3. The molecule has 0 radical (unpaired) electrons. The van der Waals surface area contributed by atoms with Crippen molar-refractivity contribution in [2.45, 2.75) is 57.5 Å². The second-order valence-corrected chi connectivity index (χ2v) is 12.5. The number of carbonyl (C=O) groups is 2. The highest BCUT2D eigenvalue weighted by Crippen LogP contribution is 2.33. The number of anilines is 1. The summed E-state index contributed by atoms with van der Waals surface area (Å²) in [6.07, 6.45) is 2.01. The van der Waals surface area contributed by atoms with E-state index in [0.717, 1.165) is 22.7 Å². The maximum absolute atomic E-state index is 14.2. The Labute approximate surface area is 271 Å². The minimum atomic E-state index is -4.32. The number of methoxy groups -OCH3 is 2. The van der Waals surface area contributed by atoms with E-state index in [1.54, 1.807) is 48.5 Å². The van der Waals surface area contributed by atoms with Gasteiger partial charge in [-0.25, -0.2) is 8.42 Å². The zero-order chi connectivity index (χ0) is 33.0. The number of amides is 2. The normalized spacial score (nSPS) is 11.8. The van der Waals surface area contributed by atoms with Gasteiger partial charge in [0.15, 0.2) is 11.5 Å². The molecule has 0 aliphatic rings. The van der Waals surface area contributed by atoms with E-state index in [4.69, 9.17) is 25.8 Å². The quantitative estimate of drug-likeness (QED) is 0.186. The zero-order valence-electron chi connectivity index (χ0n) is 26.4. The number of carbonyl (C=O) groups excluding carboxylic acids is 2. The molecule has 0 unspecified atom stereocenters. The van der Waals surface area contributed by atoms with Crippen LogP contribution in [0.4, 0.5) is 5.69 Å². The van der Waals surface area contributed by atoms with Crippen LogP contribution < -0.4 is 23.8 Å².